The number of rotatable bonds is 3. The van der Waals surface area contributed by atoms with E-state index in [0.717, 1.165) is 17.5 Å². The number of aromatic hydroxyl groups is 1. The van der Waals surface area contributed by atoms with Gasteiger partial charge in [0.05, 0.1) is 5.41 Å². The molecule has 2 N–H and O–H groups in total. The molecule has 1 heterocycles. The van der Waals surface area contributed by atoms with E-state index in [1.54, 1.807) is 30.9 Å². The molecule has 0 bridgehead atoms. The minimum atomic E-state index is -1.06. The SMILES string of the molecule is CC(C)(CC(=O)N1CCc2ccc(O)cc2C1)C(=O)O. The van der Waals surface area contributed by atoms with Gasteiger partial charge in [0.2, 0.25) is 5.91 Å². The Balaban J connectivity index is 2.09. The van der Waals surface area contributed by atoms with Gasteiger partial charge in [0.15, 0.2) is 0 Å². The van der Waals surface area contributed by atoms with E-state index in [1.807, 2.05) is 6.07 Å². The van der Waals surface area contributed by atoms with Crippen molar-refractivity contribution in [1.82, 2.24) is 4.90 Å². The largest absolute Gasteiger partial charge is 0.508 e. The Morgan fingerprint density at radius 3 is 2.65 bits per heavy atom. The van der Waals surface area contributed by atoms with Gasteiger partial charge in [-0.05, 0) is 43.5 Å². The third-order valence-electron chi connectivity index (χ3n) is 3.73. The fraction of sp³-hybridized carbons (Fsp3) is 0.467. The molecule has 0 saturated carbocycles. The van der Waals surface area contributed by atoms with Gasteiger partial charge in [-0.25, -0.2) is 0 Å². The van der Waals surface area contributed by atoms with Crippen LogP contribution in [0.3, 0.4) is 0 Å². The number of hydrogen-bond acceptors (Lipinski definition) is 3. The van der Waals surface area contributed by atoms with Gasteiger partial charge in [0.25, 0.3) is 0 Å². The average molecular weight is 277 g/mol. The number of fused-ring (bicyclic) bond motifs is 1. The van der Waals surface area contributed by atoms with Crippen molar-refractivity contribution in [2.24, 2.45) is 5.41 Å². The Morgan fingerprint density at radius 2 is 2.00 bits per heavy atom. The second-order valence-corrected chi connectivity index (χ2v) is 5.88. The molecular formula is C15H19NO4. The van der Waals surface area contributed by atoms with Crippen molar-refractivity contribution in [3.8, 4) is 5.75 Å². The van der Waals surface area contributed by atoms with Crippen LogP contribution in [0.25, 0.3) is 0 Å². The summed E-state index contributed by atoms with van der Waals surface area (Å²) in [7, 11) is 0. The summed E-state index contributed by atoms with van der Waals surface area (Å²) < 4.78 is 0. The Bertz CT molecular complexity index is 551. The molecule has 108 valence electrons. The first-order chi connectivity index (χ1) is 9.29. The highest BCUT2D eigenvalue weighted by molar-refractivity contribution is 5.84. The molecule has 1 aromatic rings. The topological polar surface area (TPSA) is 77.8 Å². The number of carboxylic acid groups (broad SMARTS) is 1. The molecule has 0 spiro atoms. The van der Waals surface area contributed by atoms with Gasteiger partial charge < -0.3 is 15.1 Å². The quantitative estimate of drug-likeness (QED) is 0.882. The number of amides is 1. The van der Waals surface area contributed by atoms with Gasteiger partial charge in [0.1, 0.15) is 5.75 Å². The predicted molar refractivity (Wildman–Crippen MR) is 73.3 cm³/mol. The van der Waals surface area contributed by atoms with E-state index in [4.69, 9.17) is 5.11 Å². The molecule has 0 radical (unpaired) electrons. The van der Waals surface area contributed by atoms with Crippen molar-refractivity contribution in [2.75, 3.05) is 6.54 Å². The predicted octanol–water partition coefficient (Wildman–Crippen LogP) is 1.78. The van der Waals surface area contributed by atoms with Crippen molar-refractivity contribution in [3.05, 3.63) is 29.3 Å². The highest BCUT2D eigenvalue weighted by atomic mass is 16.4. The lowest BCUT2D eigenvalue weighted by Gasteiger charge is -2.31. The normalized spacial score (nSPS) is 14.8. The summed E-state index contributed by atoms with van der Waals surface area (Å²) in [6, 6.07) is 5.18. The zero-order chi connectivity index (χ0) is 14.9. The fourth-order valence-corrected chi connectivity index (χ4v) is 2.32. The van der Waals surface area contributed by atoms with Gasteiger partial charge in [0, 0.05) is 19.5 Å². The summed E-state index contributed by atoms with van der Waals surface area (Å²) >= 11 is 0. The second kappa shape index (κ2) is 5.15. The van der Waals surface area contributed by atoms with Crippen LogP contribution in [-0.2, 0) is 22.6 Å². The summed E-state index contributed by atoms with van der Waals surface area (Å²) in [4.78, 5) is 25.0. The Hall–Kier alpha value is -2.04. The number of nitrogens with zero attached hydrogens (tertiary/aromatic N) is 1. The van der Waals surface area contributed by atoms with Crippen molar-refractivity contribution < 1.29 is 19.8 Å². The molecule has 1 aromatic carbocycles. The molecule has 0 aromatic heterocycles. The van der Waals surface area contributed by atoms with E-state index in [2.05, 4.69) is 0 Å². The molecule has 0 fully saturated rings. The molecule has 0 atom stereocenters. The molecular weight excluding hydrogens is 258 g/mol. The Labute approximate surface area is 117 Å². The summed E-state index contributed by atoms with van der Waals surface area (Å²) in [5.41, 5.74) is 0.998. The maximum absolute atomic E-state index is 12.2. The van der Waals surface area contributed by atoms with Crippen LogP contribution in [0.5, 0.6) is 5.75 Å². The minimum absolute atomic E-state index is 0.0174. The highest BCUT2D eigenvalue weighted by Crippen LogP contribution is 2.26. The highest BCUT2D eigenvalue weighted by Gasteiger charge is 2.33. The van der Waals surface area contributed by atoms with Crippen molar-refractivity contribution >= 4 is 11.9 Å². The van der Waals surface area contributed by atoms with E-state index in [0.29, 0.717) is 13.1 Å². The van der Waals surface area contributed by atoms with E-state index in [-0.39, 0.29) is 18.1 Å². The van der Waals surface area contributed by atoms with Crippen molar-refractivity contribution in [1.29, 1.82) is 0 Å². The molecule has 2 rings (SSSR count). The van der Waals surface area contributed by atoms with Crippen molar-refractivity contribution in [3.63, 3.8) is 0 Å². The van der Waals surface area contributed by atoms with E-state index < -0.39 is 11.4 Å². The lowest BCUT2D eigenvalue weighted by molar-refractivity contribution is -0.151. The molecule has 5 nitrogen and oxygen atoms in total. The van der Waals surface area contributed by atoms with Gasteiger partial charge >= 0.3 is 5.97 Å². The summed E-state index contributed by atoms with van der Waals surface area (Å²) in [6.45, 7) is 4.12. The van der Waals surface area contributed by atoms with Gasteiger partial charge in [-0.3, -0.25) is 9.59 Å². The third-order valence-corrected chi connectivity index (χ3v) is 3.73. The van der Waals surface area contributed by atoms with Crippen LogP contribution in [0.4, 0.5) is 0 Å². The molecule has 0 saturated heterocycles. The first kappa shape index (κ1) is 14.4. The molecule has 20 heavy (non-hydrogen) atoms. The second-order valence-electron chi connectivity index (χ2n) is 5.88. The van der Waals surface area contributed by atoms with E-state index >= 15 is 0 Å². The first-order valence-electron chi connectivity index (χ1n) is 6.61. The van der Waals surface area contributed by atoms with Gasteiger partial charge in [-0.15, -0.1) is 0 Å². The van der Waals surface area contributed by atoms with Gasteiger partial charge in [-0.1, -0.05) is 6.07 Å². The Morgan fingerprint density at radius 1 is 1.30 bits per heavy atom. The standard InChI is InChI=1S/C15H19NO4/c1-15(2,14(19)20)8-13(18)16-6-5-10-3-4-12(17)7-11(10)9-16/h3-4,7,17H,5-6,8-9H2,1-2H3,(H,19,20). The molecule has 1 aliphatic heterocycles. The number of hydrogen-bond donors (Lipinski definition) is 2. The summed E-state index contributed by atoms with van der Waals surface area (Å²) in [6.07, 6.45) is 0.714. The van der Waals surface area contributed by atoms with Crippen LogP contribution in [-0.4, -0.2) is 33.5 Å². The molecule has 1 amide bonds. The number of benzene rings is 1. The summed E-state index contributed by atoms with van der Waals surface area (Å²) in [5, 5.41) is 18.6. The molecule has 5 heteroatoms. The smallest absolute Gasteiger partial charge is 0.309 e. The third kappa shape index (κ3) is 2.92. The number of phenols is 1. The van der Waals surface area contributed by atoms with Crippen LogP contribution >= 0.6 is 0 Å². The maximum Gasteiger partial charge on any atom is 0.309 e. The molecule has 1 aliphatic rings. The zero-order valence-electron chi connectivity index (χ0n) is 11.7. The fourth-order valence-electron chi connectivity index (χ4n) is 2.32. The zero-order valence-corrected chi connectivity index (χ0v) is 11.7. The van der Waals surface area contributed by atoms with Crippen molar-refractivity contribution in [2.45, 2.75) is 33.2 Å². The number of carboxylic acids is 1. The van der Waals surface area contributed by atoms with Gasteiger partial charge in [-0.2, -0.15) is 0 Å². The minimum Gasteiger partial charge on any atom is -0.508 e. The lowest BCUT2D eigenvalue weighted by Crippen LogP contribution is -2.39. The lowest BCUT2D eigenvalue weighted by atomic mass is 9.88. The average Bonchev–Trinajstić information content (AvgIpc) is 2.37. The molecule has 0 unspecified atom stereocenters. The van der Waals surface area contributed by atoms with Crippen LogP contribution in [0, 0.1) is 5.41 Å². The van der Waals surface area contributed by atoms with Crippen LogP contribution in [0.2, 0.25) is 0 Å². The number of aliphatic carboxylic acids is 1. The van der Waals surface area contributed by atoms with Crippen LogP contribution in [0.1, 0.15) is 31.4 Å². The monoisotopic (exact) mass is 277 g/mol. The maximum atomic E-state index is 12.2. The van der Waals surface area contributed by atoms with E-state index in [1.165, 1.54) is 0 Å². The van der Waals surface area contributed by atoms with Crippen LogP contribution < -0.4 is 0 Å². The number of phenolic OH excluding ortho intramolecular Hbond substituents is 1. The number of carbonyl (C=O) groups excluding carboxylic acids is 1. The Kier molecular flexibility index (Phi) is 3.70. The van der Waals surface area contributed by atoms with Crippen LogP contribution in [0.15, 0.2) is 18.2 Å². The molecule has 0 aliphatic carbocycles. The summed E-state index contributed by atoms with van der Waals surface area (Å²) in [5.74, 6) is -0.948. The number of carbonyl (C=O) groups is 2. The first-order valence-corrected chi connectivity index (χ1v) is 6.61. The van der Waals surface area contributed by atoms with E-state index in [9.17, 15) is 14.7 Å².